The number of hydrogen-bond donors (Lipinski definition) is 1. The first kappa shape index (κ1) is 20.2. The summed E-state index contributed by atoms with van der Waals surface area (Å²) in [5, 5.41) is 9.61. The van der Waals surface area contributed by atoms with E-state index < -0.39 is 17.2 Å². The fraction of sp³-hybridized carbons (Fsp3) is 0.524. The number of pyridine rings is 1. The van der Waals surface area contributed by atoms with Crippen molar-refractivity contribution in [2.45, 2.75) is 32.2 Å². The van der Waals surface area contributed by atoms with Gasteiger partial charge in [0.15, 0.2) is 0 Å². The van der Waals surface area contributed by atoms with Gasteiger partial charge in [-0.05, 0) is 44.8 Å². The topological polar surface area (TPSA) is 65.8 Å². The summed E-state index contributed by atoms with van der Waals surface area (Å²) in [4.78, 5) is 28.3. The minimum atomic E-state index is -1.31. The lowest BCUT2D eigenvalue weighted by Crippen LogP contribution is -2.34. The molecule has 8 heteroatoms. The molecule has 1 N–H and O–H groups in total. The monoisotopic (exact) mass is 421 g/mol. The molecule has 1 saturated heterocycles. The summed E-state index contributed by atoms with van der Waals surface area (Å²) < 4.78 is 16.9. The van der Waals surface area contributed by atoms with E-state index in [9.17, 15) is 14.7 Å². The number of carbonyl (C=O) groups is 1. The lowest BCUT2D eigenvalue weighted by atomic mass is 9.89. The Kier molecular flexibility index (Phi) is 4.86. The molecule has 1 unspecified atom stereocenters. The van der Waals surface area contributed by atoms with Gasteiger partial charge in [0.1, 0.15) is 11.4 Å². The molecule has 1 aliphatic heterocycles. The molecule has 2 fully saturated rings. The third kappa shape index (κ3) is 3.51. The van der Waals surface area contributed by atoms with Crippen molar-refractivity contribution in [3.05, 3.63) is 38.9 Å². The highest BCUT2D eigenvalue weighted by Gasteiger charge is 2.37. The third-order valence-electron chi connectivity index (χ3n) is 5.93. The van der Waals surface area contributed by atoms with Gasteiger partial charge in [-0.25, -0.2) is 9.18 Å². The predicted octanol–water partition coefficient (Wildman–Crippen LogP) is 3.61. The van der Waals surface area contributed by atoms with E-state index in [4.69, 9.17) is 11.6 Å². The normalized spacial score (nSPS) is 22.1. The molecule has 1 aromatic carbocycles. The molecule has 2 aromatic rings. The van der Waals surface area contributed by atoms with Gasteiger partial charge in [0.2, 0.25) is 5.43 Å². The SMILES string of the molecule is CN(C)CC1(C)CCN(c2c(F)cc3c(=O)c(C(=O)O)cn(C4CC4)c3c2Cl)C1. The zero-order chi connectivity index (χ0) is 21.1. The van der Waals surface area contributed by atoms with Crippen LogP contribution in [0, 0.1) is 11.2 Å². The standard InChI is InChI=1S/C21H25ClFN3O3/c1-21(10-24(2)3)6-7-25(11-21)18-15(23)8-13-17(16(18)22)26(12-4-5-12)9-14(19(13)27)20(28)29/h8-9,12H,4-7,10-11H2,1-3H3,(H,28,29). The fourth-order valence-electron chi connectivity index (χ4n) is 4.62. The van der Waals surface area contributed by atoms with E-state index in [1.54, 1.807) is 4.57 Å². The van der Waals surface area contributed by atoms with E-state index in [0.29, 0.717) is 24.3 Å². The van der Waals surface area contributed by atoms with E-state index in [0.717, 1.165) is 31.9 Å². The van der Waals surface area contributed by atoms with Crippen molar-refractivity contribution < 1.29 is 14.3 Å². The van der Waals surface area contributed by atoms with Crippen LogP contribution < -0.4 is 10.3 Å². The van der Waals surface area contributed by atoms with Crippen LogP contribution in [0.2, 0.25) is 5.02 Å². The Morgan fingerprint density at radius 2 is 2.10 bits per heavy atom. The second-order valence-electron chi connectivity index (χ2n) is 8.95. The van der Waals surface area contributed by atoms with E-state index in [-0.39, 0.29) is 27.4 Å². The summed E-state index contributed by atoms with van der Waals surface area (Å²) in [6.07, 6.45) is 4.03. The largest absolute Gasteiger partial charge is 0.477 e. The number of anilines is 1. The van der Waals surface area contributed by atoms with Gasteiger partial charge < -0.3 is 19.5 Å². The van der Waals surface area contributed by atoms with Gasteiger partial charge >= 0.3 is 5.97 Å². The number of nitrogens with zero attached hydrogens (tertiary/aromatic N) is 3. The molecule has 1 saturated carbocycles. The van der Waals surface area contributed by atoms with Gasteiger partial charge in [-0.3, -0.25) is 4.79 Å². The van der Waals surface area contributed by atoms with Crippen LogP contribution in [0.3, 0.4) is 0 Å². The zero-order valence-electron chi connectivity index (χ0n) is 16.8. The van der Waals surface area contributed by atoms with Crippen molar-refractivity contribution in [3.63, 3.8) is 0 Å². The molecule has 0 spiro atoms. The van der Waals surface area contributed by atoms with Gasteiger partial charge in [0.25, 0.3) is 0 Å². The molecule has 0 bridgehead atoms. The van der Waals surface area contributed by atoms with Crippen LogP contribution in [-0.2, 0) is 0 Å². The number of benzene rings is 1. The highest BCUT2D eigenvalue weighted by atomic mass is 35.5. The number of rotatable bonds is 5. The number of aromatic nitrogens is 1. The molecule has 29 heavy (non-hydrogen) atoms. The molecule has 1 aromatic heterocycles. The Balaban J connectivity index is 1.88. The summed E-state index contributed by atoms with van der Waals surface area (Å²) in [6, 6.07) is 1.25. The van der Waals surface area contributed by atoms with Crippen molar-refractivity contribution in [1.82, 2.24) is 9.47 Å². The van der Waals surface area contributed by atoms with Crippen LogP contribution in [0.5, 0.6) is 0 Å². The molecule has 2 aliphatic rings. The molecule has 4 rings (SSSR count). The zero-order valence-corrected chi connectivity index (χ0v) is 17.6. The molecule has 1 atom stereocenters. The lowest BCUT2D eigenvalue weighted by molar-refractivity contribution is 0.0695. The van der Waals surface area contributed by atoms with Gasteiger partial charge in [-0.2, -0.15) is 0 Å². The van der Waals surface area contributed by atoms with E-state index in [2.05, 4.69) is 11.8 Å². The first-order valence-corrected chi connectivity index (χ1v) is 10.2. The number of halogens is 2. The highest BCUT2D eigenvalue weighted by molar-refractivity contribution is 6.38. The van der Waals surface area contributed by atoms with Crippen molar-refractivity contribution in [2.24, 2.45) is 5.41 Å². The lowest BCUT2D eigenvalue weighted by Gasteiger charge is -2.29. The Bertz CT molecular complexity index is 1060. The van der Waals surface area contributed by atoms with Gasteiger partial charge in [-0.15, -0.1) is 0 Å². The van der Waals surface area contributed by atoms with Crippen LogP contribution in [0.4, 0.5) is 10.1 Å². The maximum Gasteiger partial charge on any atom is 0.341 e. The molecule has 2 heterocycles. The van der Waals surface area contributed by atoms with Crippen LogP contribution in [0.25, 0.3) is 10.9 Å². The van der Waals surface area contributed by atoms with Crippen molar-refractivity contribution in [1.29, 1.82) is 0 Å². The minimum Gasteiger partial charge on any atom is -0.477 e. The molecule has 156 valence electrons. The summed E-state index contributed by atoms with van der Waals surface area (Å²) in [6.45, 7) is 4.39. The number of hydrogen-bond acceptors (Lipinski definition) is 4. The van der Waals surface area contributed by atoms with Crippen LogP contribution >= 0.6 is 11.6 Å². The average molecular weight is 422 g/mol. The molecular formula is C21H25ClFN3O3. The molecular weight excluding hydrogens is 397 g/mol. The van der Waals surface area contributed by atoms with Gasteiger partial charge in [-0.1, -0.05) is 18.5 Å². The van der Waals surface area contributed by atoms with E-state index in [1.807, 2.05) is 19.0 Å². The molecule has 0 amide bonds. The number of aromatic carboxylic acids is 1. The second-order valence-corrected chi connectivity index (χ2v) is 9.33. The first-order chi connectivity index (χ1) is 13.6. The summed E-state index contributed by atoms with van der Waals surface area (Å²) >= 11 is 6.71. The van der Waals surface area contributed by atoms with Gasteiger partial charge in [0.05, 0.1) is 21.6 Å². The highest BCUT2D eigenvalue weighted by Crippen LogP contribution is 2.44. The second kappa shape index (κ2) is 6.99. The van der Waals surface area contributed by atoms with Crippen molar-refractivity contribution in [3.8, 4) is 0 Å². The summed E-state index contributed by atoms with van der Waals surface area (Å²) in [7, 11) is 4.04. The predicted molar refractivity (Wildman–Crippen MR) is 112 cm³/mol. The fourth-order valence-corrected chi connectivity index (χ4v) is 5.03. The molecule has 1 aliphatic carbocycles. The Morgan fingerprint density at radius 1 is 1.41 bits per heavy atom. The van der Waals surface area contributed by atoms with Crippen molar-refractivity contribution >= 4 is 34.2 Å². The van der Waals surface area contributed by atoms with Crippen LogP contribution in [0.15, 0.2) is 17.1 Å². The number of carboxylic acid groups (broad SMARTS) is 1. The number of fused-ring (bicyclic) bond motifs is 1. The third-order valence-corrected chi connectivity index (χ3v) is 6.28. The van der Waals surface area contributed by atoms with Crippen LogP contribution in [-0.4, -0.2) is 54.3 Å². The quantitative estimate of drug-likeness (QED) is 0.799. The Morgan fingerprint density at radius 3 is 2.69 bits per heavy atom. The van der Waals surface area contributed by atoms with E-state index in [1.165, 1.54) is 6.20 Å². The summed E-state index contributed by atoms with van der Waals surface area (Å²) in [5.41, 5.74) is -0.305. The van der Waals surface area contributed by atoms with Gasteiger partial charge in [0, 0.05) is 31.9 Å². The first-order valence-electron chi connectivity index (χ1n) is 9.81. The van der Waals surface area contributed by atoms with E-state index >= 15 is 4.39 Å². The van der Waals surface area contributed by atoms with Crippen molar-refractivity contribution in [2.75, 3.05) is 38.6 Å². The number of carboxylic acids is 1. The van der Waals surface area contributed by atoms with Crippen LogP contribution in [0.1, 0.15) is 42.6 Å². The maximum atomic E-state index is 15.2. The smallest absolute Gasteiger partial charge is 0.341 e. The minimum absolute atomic E-state index is 0.0115. The summed E-state index contributed by atoms with van der Waals surface area (Å²) in [5.74, 6) is -1.90. The average Bonchev–Trinajstić information content (AvgIpc) is 3.38. The molecule has 6 nitrogen and oxygen atoms in total. The Labute approximate surface area is 173 Å². The Hall–Kier alpha value is -2.12. The molecule has 0 radical (unpaired) electrons. The maximum absolute atomic E-state index is 15.2.